The fourth-order valence-electron chi connectivity index (χ4n) is 2.41. The minimum absolute atomic E-state index is 0.0111. The second-order valence-electron chi connectivity index (χ2n) is 6.05. The maximum Gasteiger partial charge on any atom is 0.514 e. The number of hydrogen-bond donors (Lipinski definition) is 2. The Morgan fingerprint density at radius 3 is 1.74 bits per heavy atom. The van der Waals surface area contributed by atoms with Crippen LogP contribution in [0.15, 0.2) is 41.9 Å². The molecule has 0 aliphatic carbocycles. The molecule has 12 nitrogen and oxygen atoms in total. The van der Waals surface area contributed by atoms with Crippen molar-refractivity contribution in [3.8, 4) is 0 Å². The molecule has 3 rings (SSSR count). The number of cyclic esters (lactones) is 4. The zero-order valence-electron chi connectivity index (χ0n) is 16.3. The molecule has 2 aliphatic rings. The molecule has 0 spiro atoms. The summed E-state index contributed by atoms with van der Waals surface area (Å²) in [4.78, 5) is 45.5. The normalized spacial score (nSPS) is 17.5. The van der Waals surface area contributed by atoms with Crippen molar-refractivity contribution in [2.45, 2.75) is 6.92 Å². The fraction of sp³-hybridized carbons (Fsp3) is 0.263. The summed E-state index contributed by atoms with van der Waals surface area (Å²) in [5, 5.41) is 5.10. The van der Waals surface area contributed by atoms with Crippen LogP contribution in [0.4, 0.5) is 30.6 Å². The SMILES string of the molecule is Cc1c(NC(=O)OC/C=C2/COC(=O)O2)cccc1NC(=O)OC/C=C1/COC(=O)O1. The number of amides is 2. The van der Waals surface area contributed by atoms with E-state index < -0.39 is 24.5 Å². The van der Waals surface area contributed by atoms with Gasteiger partial charge >= 0.3 is 24.5 Å². The Balaban J connectivity index is 1.47. The van der Waals surface area contributed by atoms with Gasteiger partial charge in [-0.1, -0.05) is 6.07 Å². The molecule has 0 radical (unpaired) electrons. The van der Waals surface area contributed by atoms with E-state index in [1.165, 1.54) is 12.2 Å². The molecule has 164 valence electrons. The first-order valence-corrected chi connectivity index (χ1v) is 8.95. The molecule has 2 aliphatic heterocycles. The molecule has 1 aromatic rings. The van der Waals surface area contributed by atoms with E-state index in [0.29, 0.717) is 16.9 Å². The lowest BCUT2D eigenvalue weighted by atomic mass is 10.1. The summed E-state index contributed by atoms with van der Waals surface area (Å²) >= 11 is 0. The zero-order chi connectivity index (χ0) is 22.2. The standard InChI is InChI=1S/C19H18N2O10/c1-11-14(20-16(22)26-7-5-12-9-28-18(24)30-12)3-2-4-15(11)21-17(23)27-8-6-13-10-29-19(25)31-13/h2-6H,7-10H2,1H3,(H,20,22)(H,21,23)/b12-5-,13-6-. The molecule has 0 bridgehead atoms. The van der Waals surface area contributed by atoms with E-state index in [2.05, 4.69) is 20.1 Å². The number of ether oxygens (including phenoxy) is 6. The van der Waals surface area contributed by atoms with Crippen molar-refractivity contribution in [2.75, 3.05) is 37.1 Å². The van der Waals surface area contributed by atoms with Crippen molar-refractivity contribution in [3.05, 3.63) is 47.4 Å². The van der Waals surface area contributed by atoms with Crippen LogP contribution in [0.5, 0.6) is 0 Å². The maximum atomic E-state index is 12.0. The number of rotatable bonds is 6. The quantitative estimate of drug-likeness (QED) is 0.505. The van der Waals surface area contributed by atoms with Crippen molar-refractivity contribution in [1.29, 1.82) is 0 Å². The number of anilines is 2. The van der Waals surface area contributed by atoms with Crippen molar-refractivity contribution in [1.82, 2.24) is 0 Å². The summed E-state index contributed by atoms with van der Waals surface area (Å²) in [5.41, 5.74) is 1.37. The second-order valence-corrected chi connectivity index (χ2v) is 6.05. The Morgan fingerprint density at radius 2 is 1.35 bits per heavy atom. The summed E-state index contributed by atoms with van der Waals surface area (Å²) in [6.07, 6.45) is -0.295. The summed E-state index contributed by atoms with van der Waals surface area (Å²) < 4.78 is 28.5. The van der Waals surface area contributed by atoms with E-state index in [1.54, 1.807) is 25.1 Å². The molecular weight excluding hydrogens is 416 g/mol. The predicted octanol–water partition coefficient (Wildman–Crippen LogP) is 3.19. The van der Waals surface area contributed by atoms with Crippen LogP contribution in [-0.2, 0) is 28.4 Å². The largest absolute Gasteiger partial charge is 0.514 e. The van der Waals surface area contributed by atoms with Crippen LogP contribution < -0.4 is 10.6 Å². The molecular formula is C19H18N2O10. The summed E-state index contributed by atoms with van der Waals surface area (Å²) in [7, 11) is 0. The Bertz CT molecular complexity index is 881. The van der Waals surface area contributed by atoms with Gasteiger partial charge in [-0.15, -0.1) is 0 Å². The third-order valence-corrected chi connectivity index (χ3v) is 3.95. The van der Waals surface area contributed by atoms with E-state index >= 15 is 0 Å². The maximum absolute atomic E-state index is 12.0. The zero-order valence-corrected chi connectivity index (χ0v) is 16.3. The minimum Gasteiger partial charge on any atom is -0.445 e. The monoisotopic (exact) mass is 434 g/mol. The molecule has 2 N–H and O–H groups in total. The van der Waals surface area contributed by atoms with Crippen LogP contribution >= 0.6 is 0 Å². The average molecular weight is 434 g/mol. The first-order valence-electron chi connectivity index (χ1n) is 8.95. The topological polar surface area (TPSA) is 148 Å². The highest BCUT2D eigenvalue weighted by Gasteiger charge is 2.19. The molecule has 2 heterocycles. The second kappa shape index (κ2) is 10.0. The van der Waals surface area contributed by atoms with Crippen molar-refractivity contribution >= 4 is 35.9 Å². The molecule has 2 fully saturated rings. The van der Waals surface area contributed by atoms with E-state index in [-0.39, 0.29) is 37.9 Å². The number of carbonyl (C=O) groups excluding carboxylic acids is 4. The number of nitrogens with one attached hydrogen (secondary N) is 2. The summed E-state index contributed by atoms with van der Waals surface area (Å²) in [6.45, 7) is 1.40. The first-order chi connectivity index (χ1) is 14.9. The minimum atomic E-state index is -0.804. The van der Waals surface area contributed by atoms with Gasteiger partial charge in [-0.05, 0) is 36.8 Å². The van der Waals surface area contributed by atoms with Crippen LogP contribution in [0, 0.1) is 6.92 Å². The highest BCUT2D eigenvalue weighted by atomic mass is 16.8. The Morgan fingerprint density at radius 1 is 0.903 bits per heavy atom. The third-order valence-electron chi connectivity index (χ3n) is 3.95. The van der Waals surface area contributed by atoms with Gasteiger partial charge in [0.15, 0.2) is 13.2 Å². The molecule has 12 heteroatoms. The smallest absolute Gasteiger partial charge is 0.445 e. The van der Waals surface area contributed by atoms with Gasteiger partial charge in [-0.2, -0.15) is 0 Å². The van der Waals surface area contributed by atoms with Gasteiger partial charge in [0, 0.05) is 11.4 Å². The van der Waals surface area contributed by atoms with Crippen LogP contribution in [0.3, 0.4) is 0 Å². The molecule has 1 aromatic carbocycles. The first kappa shape index (κ1) is 21.5. The lowest BCUT2D eigenvalue weighted by Gasteiger charge is -2.13. The van der Waals surface area contributed by atoms with Gasteiger partial charge in [-0.3, -0.25) is 10.6 Å². The van der Waals surface area contributed by atoms with Crippen LogP contribution in [-0.4, -0.2) is 50.9 Å². The number of hydrogen-bond acceptors (Lipinski definition) is 10. The van der Waals surface area contributed by atoms with Crippen molar-refractivity contribution in [3.63, 3.8) is 0 Å². The van der Waals surface area contributed by atoms with Crippen LogP contribution in [0.25, 0.3) is 0 Å². The van der Waals surface area contributed by atoms with Crippen LogP contribution in [0.1, 0.15) is 5.56 Å². The average Bonchev–Trinajstić information content (AvgIpc) is 3.33. The van der Waals surface area contributed by atoms with Crippen molar-refractivity contribution < 1.29 is 47.6 Å². The van der Waals surface area contributed by atoms with Gasteiger partial charge in [0.2, 0.25) is 0 Å². The lowest BCUT2D eigenvalue weighted by Crippen LogP contribution is -2.17. The Labute approximate surface area is 175 Å². The summed E-state index contributed by atoms with van der Waals surface area (Å²) in [6, 6.07) is 4.86. The predicted molar refractivity (Wildman–Crippen MR) is 102 cm³/mol. The van der Waals surface area contributed by atoms with Gasteiger partial charge in [0.25, 0.3) is 0 Å². The van der Waals surface area contributed by atoms with Gasteiger partial charge < -0.3 is 28.4 Å². The molecule has 2 saturated heterocycles. The van der Waals surface area contributed by atoms with Crippen LogP contribution in [0.2, 0.25) is 0 Å². The third kappa shape index (κ3) is 6.39. The van der Waals surface area contributed by atoms with Gasteiger partial charge in [-0.25, -0.2) is 19.2 Å². The van der Waals surface area contributed by atoms with E-state index in [0.717, 1.165) is 0 Å². The molecule has 2 amide bonds. The Hall–Kier alpha value is -4.22. The fourth-order valence-corrected chi connectivity index (χ4v) is 2.41. The molecule has 31 heavy (non-hydrogen) atoms. The molecule has 0 atom stereocenters. The number of carbonyl (C=O) groups is 4. The van der Waals surface area contributed by atoms with Crippen molar-refractivity contribution in [2.24, 2.45) is 0 Å². The van der Waals surface area contributed by atoms with E-state index in [4.69, 9.17) is 18.9 Å². The van der Waals surface area contributed by atoms with E-state index in [1.807, 2.05) is 0 Å². The summed E-state index contributed by atoms with van der Waals surface area (Å²) in [5.74, 6) is 0.515. The van der Waals surface area contributed by atoms with E-state index in [9.17, 15) is 19.2 Å². The highest BCUT2D eigenvalue weighted by Crippen LogP contribution is 2.23. The Kier molecular flexibility index (Phi) is 6.93. The lowest BCUT2D eigenvalue weighted by molar-refractivity contribution is 0.134. The molecule has 0 unspecified atom stereocenters. The van der Waals surface area contributed by atoms with Gasteiger partial charge in [0.05, 0.1) is 0 Å². The molecule has 0 saturated carbocycles. The van der Waals surface area contributed by atoms with Gasteiger partial charge in [0.1, 0.15) is 24.7 Å². The highest BCUT2D eigenvalue weighted by molar-refractivity contribution is 5.91. The number of benzene rings is 1. The molecule has 0 aromatic heterocycles.